The van der Waals surface area contributed by atoms with E-state index in [1.54, 1.807) is 24.4 Å². The van der Waals surface area contributed by atoms with Gasteiger partial charge in [0.1, 0.15) is 5.69 Å². The summed E-state index contributed by atoms with van der Waals surface area (Å²) >= 11 is 0. The van der Waals surface area contributed by atoms with Crippen LogP contribution in [0.5, 0.6) is 0 Å². The molecule has 0 unspecified atom stereocenters. The van der Waals surface area contributed by atoms with Crippen LogP contribution in [0.1, 0.15) is 18.5 Å². The molecule has 2 rings (SSSR count). The summed E-state index contributed by atoms with van der Waals surface area (Å²) in [6, 6.07) is 6.46. The Labute approximate surface area is 110 Å². The fraction of sp³-hybridized carbons (Fsp3) is 0.333. The Balaban J connectivity index is 2.21. The van der Waals surface area contributed by atoms with Crippen molar-refractivity contribution in [2.24, 2.45) is 5.73 Å². The molecular weight excluding hydrogens is 246 g/mol. The van der Waals surface area contributed by atoms with Crippen LogP contribution in [0.4, 0.5) is 5.69 Å². The Kier molecular flexibility index (Phi) is 4.19. The number of rotatable bonds is 6. The van der Waals surface area contributed by atoms with Gasteiger partial charge in [-0.15, -0.1) is 5.10 Å². The van der Waals surface area contributed by atoms with Gasteiger partial charge in [-0.3, -0.25) is 10.1 Å². The molecule has 0 amide bonds. The molecule has 0 saturated heterocycles. The number of para-hydroxylation sites is 2. The lowest BCUT2D eigenvalue weighted by molar-refractivity contribution is -0.384. The molecule has 7 nitrogen and oxygen atoms in total. The van der Waals surface area contributed by atoms with Crippen molar-refractivity contribution in [3.63, 3.8) is 0 Å². The van der Waals surface area contributed by atoms with Gasteiger partial charge in [0, 0.05) is 6.07 Å². The van der Waals surface area contributed by atoms with Crippen LogP contribution in [-0.2, 0) is 6.42 Å². The van der Waals surface area contributed by atoms with Crippen molar-refractivity contribution >= 4 is 5.69 Å². The minimum Gasteiger partial charge on any atom is -0.330 e. The second-order valence-corrected chi connectivity index (χ2v) is 4.15. The summed E-state index contributed by atoms with van der Waals surface area (Å²) in [5.41, 5.74) is 6.67. The molecule has 2 N–H and O–H groups in total. The van der Waals surface area contributed by atoms with Crippen LogP contribution in [0.2, 0.25) is 0 Å². The van der Waals surface area contributed by atoms with Crippen molar-refractivity contribution < 1.29 is 4.92 Å². The van der Waals surface area contributed by atoms with E-state index in [0.717, 1.165) is 25.0 Å². The summed E-state index contributed by atoms with van der Waals surface area (Å²) in [7, 11) is 0. The zero-order valence-corrected chi connectivity index (χ0v) is 10.4. The number of nitrogens with two attached hydrogens (primary N) is 1. The second kappa shape index (κ2) is 6.05. The number of aryl methyl sites for hydroxylation is 1. The third-order valence-electron chi connectivity index (χ3n) is 2.75. The van der Waals surface area contributed by atoms with Gasteiger partial charge in [0.25, 0.3) is 5.69 Å². The summed E-state index contributed by atoms with van der Waals surface area (Å²) in [6.07, 6.45) is 4.36. The molecular formula is C12H15N5O2. The standard InChI is InChI=1S/C12H15N5O2/c13-8-4-3-5-10-9-16(15-14-10)11-6-1-2-7-12(11)17(18)19/h1-2,6-7,9H,3-5,8,13H2. The van der Waals surface area contributed by atoms with E-state index < -0.39 is 4.92 Å². The lowest BCUT2D eigenvalue weighted by atomic mass is 10.2. The number of benzene rings is 1. The SMILES string of the molecule is NCCCCc1cn(-c2ccccc2[N+](=O)[O-])nn1. The number of aromatic nitrogens is 3. The maximum Gasteiger partial charge on any atom is 0.294 e. The van der Waals surface area contributed by atoms with Crippen LogP contribution in [-0.4, -0.2) is 26.5 Å². The summed E-state index contributed by atoms with van der Waals surface area (Å²) in [5.74, 6) is 0. The Bertz CT molecular complexity index is 567. The average molecular weight is 261 g/mol. The van der Waals surface area contributed by atoms with E-state index in [0.29, 0.717) is 12.2 Å². The highest BCUT2D eigenvalue weighted by Crippen LogP contribution is 2.21. The Morgan fingerprint density at radius 1 is 1.32 bits per heavy atom. The van der Waals surface area contributed by atoms with Gasteiger partial charge in [0.15, 0.2) is 0 Å². The van der Waals surface area contributed by atoms with Gasteiger partial charge in [0.2, 0.25) is 0 Å². The minimum absolute atomic E-state index is 0.0147. The summed E-state index contributed by atoms with van der Waals surface area (Å²) in [5, 5.41) is 18.9. The molecule has 0 saturated carbocycles. The van der Waals surface area contributed by atoms with Gasteiger partial charge < -0.3 is 5.73 Å². The van der Waals surface area contributed by atoms with E-state index in [-0.39, 0.29) is 5.69 Å². The highest BCUT2D eigenvalue weighted by molar-refractivity contribution is 5.51. The van der Waals surface area contributed by atoms with E-state index in [2.05, 4.69) is 10.3 Å². The zero-order valence-electron chi connectivity index (χ0n) is 10.4. The average Bonchev–Trinajstić information content (AvgIpc) is 2.88. The third kappa shape index (κ3) is 3.14. The fourth-order valence-electron chi connectivity index (χ4n) is 1.79. The van der Waals surface area contributed by atoms with Gasteiger partial charge >= 0.3 is 0 Å². The Hall–Kier alpha value is -2.28. The largest absolute Gasteiger partial charge is 0.330 e. The van der Waals surface area contributed by atoms with Crippen molar-refractivity contribution in [1.82, 2.24) is 15.0 Å². The highest BCUT2D eigenvalue weighted by atomic mass is 16.6. The fourth-order valence-corrected chi connectivity index (χ4v) is 1.79. The molecule has 2 aromatic rings. The number of nitro benzene ring substituents is 1. The summed E-state index contributed by atoms with van der Waals surface area (Å²) in [6.45, 7) is 0.651. The zero-order chi connectivity index (χ0) is 13.7. The van der Waals surface area contributed by atoms with Crippen molar-refractivity contribution in [3.05, 3.63) is 46.3 Å². The molecule has 7 heteroatoms. The van der Waals surface area contributed by atoms with Crippen LogP contribution in [0, 0.1) is 10.1 Å². The predicted molar refractivity (Wildman–Crippen MR) is 70.0 cm³/mol. The third-order valence-corrected chi connectivity index (χ3v) is 2.75. The molecule has 0 bridgehead atoms. The van der Waals surface area contributed by atoms with Crippen LogP contribution < -0.4 is 5.73 Å². The summed E-state index contributed by atoms with van der Waals surface area (Å²) in [4.78, 5) is 10.5. The lowest BCUT2D eigenvalue weighted by Gasteiger charge is -2.00. The molecule has 0 radical (unpaired) electrons. The van der Waals surface area contributed by atoms with Gasteiger partial charge in [-0.1, -0.05) is 17.3 Å². The van der Waals surface area contributed by atoms with Gasteiger partial charge in [-0.25, -0.2) is 4.68 Å². The first-order valence-electron chi connectivity index (χ1n) is 6.07. The molecule has 0 atom stereocenters. The smallest absolute Gasteiger partial charge is 0.294 e. The molecule has 0 aliphatic heterocycles. The van der Waals surface area contributed by atoms with E-state index in [1.165, 1.54) is 10.7 Å². The maximum absolute atomic E-state index is 10.9. The Morgan fingerprint density at radius 2 is 2.11 bits per heavy atom. The number of nitrogens with zero attached hydrogens (tertiary/aromatic N) is 4. The predicted octanol–water partition coefficient (Wildman–Crippen LogP) is 1.46. The van der Waals surface area contributed by atoms with Crippen LogP contribution in [0.25, 0.3) is 5.69 Å². The van der Waals surface area contributed by atoms with E-state index in [1.807, 2.05) is 0 Å². The quantitative estimate of drug-likeness (QED) is 0.482. The first kappa shape index (κ1) is 13.2. The molecule has 19 heavy (non-hydrogen) atoms. The number of unbranched alkanes of at least 4 members (excludes halogenated alkanes) is 1. The Morgan fingerprint density at radius 3 is 2.84 bits per heavy atom. The normalized spacial score (nSPS) is 10.6. The first-order chi connectivity index (χ1) is 9.22. The van der Waals surface area contributed by atoms with Gasteiger partial charge in [-0.05, 0) is 31.9 Å². The van der Waals surface area contributed by atoms with Crippen molar-refractivity contribution in [1.29, 1.82) is 0 Å². The molecule has 0 spiro atoms. The lowest BCUT2D eigenvalue weighted by Crippen LogP contribution is -2.00. The van der Waals surface area contributed by atoms with Crippen molar-refractivity contribution in [2.75, 3.05) is 6.54 Å². The van der Waals surface area contributed by atoms with Crippen LogP contribution in [0.3, 0.4) is 0 Å². The van der Waals surface area contributed by atoms with E-state index in [4.69, 9.17) is 5.73 Å². The van der Waals surface area contributed by atoms with Crippen LogP contribution in [0.15, 0.2) is 30.5 Å². The topological polar surface area (TPSA) is 99.9 Å². The molecule has 1 aromatic carbocycles. The minimum atomic E-state index is -0.425. The molecule has 1 heterocycles. The molecule has 0 fully saturated rings. The van der Waals surface area contributed by atoms with E-state index in [9.17, 15) is 10.1 Å². The number of hydrogen-bond acceptors (Lipinski definition) is 5. The van der Waals surface area contributed by atoms with Gasteiger partial charge in [-0.2, -0.15) is 0 Å². The van der Waals surface area contributed by atoms with Crippen LogP contribution >= 0.6 is 0 Å². The van der Waals surface area contributed by atoms with E-state index >= 15 is 0 Å². The molecule has 0 aliphatic carbocycles. The molecule has 1 aromatic heterocycles. The monoisotopic (exact) mass is 261 g/mol. The molecule has 0 aliphatic rings. The number of hydrogen-bond donors (Lipinski definition) is 1. The maximum atomic E-state index is 10.9. The first-order valence-corrected chi connectivity index (χ1v) is 6.07. The second-order valence-electron chi connectivity index (χ2n) is 4.15. The van der Waals surface area contributed by atoms with Crippen molar-refractivity contribution in [2.45, 2.75) is 19.3 Å². The number of nitro groups is 1. The molecule has 100 valence electrons. The highest BCUT2D eigenvalue weighted by Gasteiger charge is 2.15. The van der Waals surface area contributed by atoms with Gasteiger partial charge in [0.05, 0.1) is 16.8 Å². The van der Waals surface area contributed by atoms with Crippen molar-refractivity contribution in [3.8, 4) is 5.69 Å². The summed E-state index contributed by atoms with van der Waals surface area (Å²) < 4.78 is 1.44.